The van der Waals surface area contributed by atoms with E-state index in [-0.39, 0.29) is 5.82 Å². The van der Waals surface area contributed by atoms with E-state index in [0.29, 0.717) is 12.1 Å². The highest BCUT2D eigenvalue weighted by atomic mass is 16.1. The Hall–Kier alpha value is -1.32. The maximum absolute atomic E-state index is 9.87. The summed E-state index contributed by atoms with van der Waals surface area (Å²) in [5.74, 6) is 0.606. The molecule has 4 nitrogen and oxygen atoms in total. The van der Waals surface area contributed by atoms with Crippen molar-refractivity contribution in [3.05, 3.63) is 12.0 Å². The van der Waals surface area contributed by atoms with Crippen LogP contribution in [0.1, 0.15) is 10.6 Å². The number of aldehydes is 1. The van der Waals surface area contributed by atoms with Crippen LogP contribution in [0, 0.1) is 0 Å². The van der Waals surface area contributed by atoms with E-state index < -0.39 is 0 Å². The van der Waals surface area contributed by atoms with Gasteiger partial charge in [-0.2, -0.15) is 0 Å². The Bertz CT molecular complexity index is 193. The molecule has 1 rings (SSSR count). The summed E-state index contributed by atoms with van der Waals surface area (Å²) in [4.78, 5) is 16.0. The number of hydrogen-bond donors (Lipinski definition) is 2. The summed E-state index contributed by atoms with van der Waals surface area (Å²) >= 11 is 0. The van der Waals surface area contributed by atoms with Crippen molar-refractivity contribution in [3.63, 3.8) is 0 Å². The van der Waals surface area contributed by atoms with Gasteiger partial charge >= 0.3 is 0 Å². The number of hydrogen-bond acceptors (Lipinski definition) is 3. The molecule has 0 aliphatic rings. The zero-order valence-electron chi connectivity index (χ0n) is 4.09. The molecule has 0 aliphatic carbocycles. The largest absolute Gasteiger partial charge is 0.382 e. The van der Waals surface area contributed by atoms with E-state index in [2.05, 4.69) is 9.97 Å². The fourth-order valence-corrected chi connectivity index (χ4v) is 0.412. The lowest BCUT2D eigenvalue weighted by molar-refractivity contribution is 0.111. The van der Waals surface area contributed by atoms with Gasteiger partial charge in [0.15, 0.2) is 12.1 Å². The van der Waals surface area contributed by atoms with Crippen molar-refractivity contribution in [1.29, 1.82) is 0 Å². The summed E-state index contributed by atoms with van der Waals surface area (Å²) in [7, 11) is 0. The van der Waals surface area contributed by atoms with E-state index in [9.17, 15) is 4.79 Å². The Labute approximate surface area is 45.7 Å². The average Bonchev–Trinajstić information content (AvgIpc) is 2.14. The van der Waals surface area contributed by atoms with Crippen LogP contribution in [-0.2, 0) is 0 Å². The van der Waals surface area contributed by atoms with E-state index in [4.69, 9.17) is 5.73 Å². The van der Waals surface area contributed by atoms with Crippen LogP contribution in [0.3, 0.4) is 0 Å². The van der Waals surface area contributed by atoms with Crippen molar-refractivity contribution in [2.75, 3.05) is 5.73 Å². The first kappa shape index (κ1) is 4.83. The maximum Gasteiger partial charge on any atom is 0.185 e. The summed E-state index contributed by atoms with van der Waals surface area (Å²) in [6.45, 7) is 0. The molecule has 0 saturated heterocycles. The molecule has 3 N–H and O–H groups in total. The third-order valence-electron chi connectivity index (χ3n) is 0.729. The average molecular weight is 111 g/mol. The van der Waals surface area contributed by atoms with Crippen LogP contribution in [-0.4, -0.2) is 16.3 Å². The fraction of sp³-hybridized carbons (Fsp3) is 0. The smallest absolute Gasteiger partial charge is 0.185 e. The predicted octanol–water partition coefficient (Wildman–Crippen LogP) is -0.196. The normalized spacial score (nSPS) is 9.00. The molecule has 0 fully saturated rings. The van der Waals surface area contributed by atoms with E-state index in [1.54, 1.807) is 0 Å². The van der Waals surface area contributed by atoms with Gasteiger partial charge in [-0.25, -0.2) is 4.98 Å². The van der Waals surface area contributed by atoms with Crippen LogP contribution in [0.5, 0.6) is 0 Å². The molecule has 0 aromatic carbocycles. The Morgan fingerprint density at radius 3 is 2.88 bits per heavy atom. The van der Waals surface area contributed by atoms with Crippen molar-refractivity contribution < 1.29 is 4.79 Å². The molecule has 0 atom stereocenters. The minimum absolute atomic E-state index is 0.266. The van der Waals surface area contributed by atoms with Gasteiger partial charge in [-0.05, 0) is 0 Å². The van der Waals surface area contributed by atoms with Crippen molar-refractivity contribution in [2.24, 2.45) is 0 Å². The van der Waals surface area contributed by atoms with Gasteiger partial charge in [0.25, 0.3) is 0 Å². The van der Waals surface area contributed by atoms with Crippen LogP contribution in [0.2, 0.25) is 0 Å². The summed E-state index contributed by atoms with van der Waals surface area (Å²) in [5.41, 5.74) is 5.15. The van der Waals surface area contributed by atoms with Crippen molar-refractivity contribution >= 4 is 12.1 Å². The highest BCUT2D eigenvalue weighted by molar-refractivity contribution is 5.69. The van der Waals surface area contributed by atoms with Gasteiger partial charge in [0.05, 0.1) is 0 Å². The number of carbonyl (C=O) groups excluding carboxylic acids is 1. The lowest BCUT2D eigenvalue weighted by atomic mass is 10.7. The molecule has 1 heterocycles. The highest BCUT2D eigenvalue weighted by Gasteiger charge is 1.90. The maximum atomic E-state index is 9.87. The number of rotatable bonds is 1. The number of aromatic amines is 1. The molecular weight excluding hydrogens is 106 g/mol. The van der Waals surface area contributed by atoms with Gasteiger partial charge in [0, 0.05) is 6.20 Å². The number of nitrogens with one attached hydrogen (secondary N) is 1. The number of nitrogen functional groups attached to an aromatic ring is 1. The number of nitrogens with two attached hydrogens (primary N) is 1. The summed E-state index contributed by atoms with van der Waals surface area (Å²) in [6, 6.07) is 0. The van der Waals surface area contributed by atoms with E-state index in [1.807, 2.05) is 0 Å². The highest BCUT2D eigenvalue weighted by Crippen LogP contribution is 1.92. The van der Waals surface area contributed by atoms with Gasteiger partial charge in [-0.3, -0.25) is 4.79 Å². The van der Waals surface area contributed by atoms with Crippen LogP contribution in [0.4, 0.5) is 5.82 Å². The predicted molar refractivity (Wildman–Crippen MR) is 28.4 cm³/mol. The third kappa shape index (κ3) is 0.676. The molecule has 0 radical (unpaired) electrons. The summed E-state index contributed by atoms with van der Waals surface area (Å²) in [5, 5.41) is 0. The molecule has 0 amide bonds. The molecule has 0 unspecified atom stereocenters. The van der Waals surface area contributed by atoms with Crippen molar-refractivity contribution in [2.45, 2.75) is 0 Å². The first-order valence-corrected chi connectivity index (χ1v) is 2.09. The minimum Gasteiger partial charge on any atom is -0.382 e. The summed E-state index contributed by atoms with van der Waals surface area (Å²) in [6.07, 6.45) is 2.07. The second-order valence-corrected chi connectivity index (χ2v) is 1.33. The number of carbonyl (C=O) groups is 1. The van der Waals surface area contributed by atoms with Gasteiger partial charge in [0.1, 0.15) is 5.82 Å². The first-order chi connectivity index (χ1) is 3.83. The first-order valence-electron chi connectivity index (χ1n) is 2.09. The Kier molecular flexibility index (Phi) is 0.997. The Balaban J connectivity index is 3.00. The number of H-pyrrole nitrogens is 1. The SMILES string of the molecule is Nc1c[nH]c(C=O)n1. The van der Waals surface area contributed by atoms with E-state index in [0.717, 1.165) is 0 Å². The van der Waals surface area contributed by atoms with E-state index in [1.165, 1.54) is 6.20 Å². The molecule has 0 saturated carbocycles. The zero-order valence-corrected chi connectivity index (χ0v) is 4.09. The van der Waals surface area contributed by atoms with Gasteiger partial charge in [0.2, 0.25) is 0 Å². The quantitative estimate of drug-likeness (QED) is 0.493. The molecular formula is C4H5N3O. The Morgan fingerprint density at radius 1 is 1.88 bits per heavy atom. The second kappa shape index (κ2) is 1.65. The standard InChI is InChI=1S/C4H5N3O/c5-3-1-6-4(2-8)7-3/h1-2H,5H2,(H,6,7). The topological polar surface area (TPSA) is 71.8 Å². The fourth-order valence-electron chi connectivity index (χ4n) is 0.412. The molecule has 42 valence electrons. The number of imidazole rings is 1. The molecule has 8 heavy (non-hydrogen) atoms. The molecule has 1 aromatic rings. The van der Waals surface area contributed by atoms with Crippen molar-refractivity contribution in [3.8, 4) is 0 Å². The second-order valence-electron chi connectivity index (χ2n) is 1.33. The van der Waals surface area contributed by atoms with E-state index >= 15 is 0 Å². The summed E-state index contributed by atoms with van der Waals surface area (Å²) < 4.78 is 0. The zero-order chi connectivity index (χ0) is 5.98. The van der Waals surface area contributed by atoms with Gasteiger partial charge in [-0.15, -0.1) is 0 Å². The molecule has 4 heteroatoms. The van der Waals surface area contributed by atoms with Gasteiger partial charge < -0.3 is 10.7 Å². The molecule has 0 spiro atoms. The van der Waals surface area contributed by atoms with Gasteiger partial charge in [-0.1, -0.05) is 0 Å². The number of anilines is 1. The van der Waals surface area contributed by atoms with Crippen LogP contribution in [0.25, 0.3) is 0 Å². The minimum atomic E-state index is 0.266. The number of aromatic nitrogens is 2. The lowest BCUT2D eigenvalue weighted by Crippen LogP contribution is -1.84. The lowest BCUT2D eigenvalue weighted by Gasteiger charge is -1.71. The monoisotopic (exact) mass is 111 g/mol. The number of nitrogens with zero attached hydrogens (tertiary/aromatic N) is 1. The molecule has 1 aromatic heterocycles. The van der Waals surface area contributed by atoms with Crippen LogP contribution < -0.4 is 5.73 Å². The van der Waals surface area contributed by atoms with Crippen molar-refractivity contribution in [1.82, 2.24) is 9.97 Å². The Morgan fingerprint density at radius 2 is 2.62 bits per heavy atom. The molecule has 0 aliphatic heterocycles. The van der Waals surface area contributed by atoms with Crippen LogP contribution >= 0.6 is 0 Å². The van der Waals surface area contributed by atoms with Crippen LogP contribution in [0.15, 0.2) is 6.20 Å². The third-order valence-corrected chi connectivity index (χ3v) is 0.729. The molecule has 0 bridgehead atoms.